The van der Waals surface area contributed by atoms with E-state index in [1.165, 1.54) is 0 Å². The first kappa shape index (κ1) is 20.4. The van der Waals surface area contributed by atoms with Crippen molar-refractivity contribution >= 4 is 40.6 Å². The zero-order valence-corrected chi connectivity index (χ0v) is 18.4. The largest absolute Gasteiger partial charge is 0.325 e. The molecule has 1 spiro atoms. The number of carbonyl (C=O) groups is 2. The van der Waals surface area contributed by atoms with E-state index in [1.807, 2.05) is 42.5 Å². The Balaban J connectivity index is 2.03. The summed E-state index contributed by atoms with van der Waals surface area (Å²) in [7, 11) is 0. The van der Waals surface area contributed by atoms with Gasteiger partial charge in [0.25, 0.3) is 0 Å². The lowest BCUT2D eigenvalue weighted by Crippen LogP contribution is -2.55. The fourth-order valence-corrected chi connectivity index (χ4v) is 5.74. The van der Waals surface area contributed by atoms with E-state index in [2.05, 4.69) is 26.1 Å². The van der Waals surface area contributed by atoms with Crippen molar-refractivity contribution in [2.45, 2.75) is 51.4 Å². The number of anilines is 1. The van der Waals surface area contributed by atoms with Crippen molar-refractivity contribution in [3.63, 3.8) is 0 Å². The van der Waals surface area contributed by atoms with Crippen LogP contribution < -0.4 is 5.32 Å². The third-order valence-electron chi connectivity index (χ3n) is 7.12. The van der Waals surface area contributed by atoms with E-state index < -0.39 is 5.41 Å². The Morgan fingerprint density at radius 1 is 1.07 bits per heavy atom. The summed E-state index contributed by atoms with van der Waals surface area (Å²) in [6.45, 7) is 6.44. The summed E-state index contributed by atoms with van der Waals surface area (Å²) in [6, 6.07) is 13.2. The zero-order valence-electron chi connectivity index (χ0n) is 16.9. The molecule has 1 aliphatic carbocycles. The summed E-state index contributed by atoms with van der Waals surface area (Å²) in [5.41, 5.74) is 1.58. The highest BCUT2D eigenvalue weighted by Crippen LogP contribution is 2.61. The van der Waals surface area contributed by atoms with Gasteiger partial charge in [0, 0.05) is 34.5 Å². The maximum Gasteiger partial charge on any atom is 0.236 e. The topological polar surface area (TPSA) is 46.2 Å². The highest BCUT2D eigenvalue weighted by Gasteiger charge is 2.63. The molecule has 2 aromatic rings. The summed E-state index contributed by atoms with van der Waals surface area (Å²) >= 11 is 12.5. The number of hydrogen-bond acceptors (Lipinski definition) is 2. The lowest BCUT2D eigenvalue weighted by atomic mass is 9.49. The molecular formula is C24H25Cl2NO2. The van der Waals surface area contributed by atoms with E-state index in [0.717, 1.165) is 23.2 Å². The molecule has 2 aromatic carbocycles. The summed E-state index contributed by atoms with van der Waals surface area (Å²) in [6.07, 6.45) is 1.59. The minimum absolute atomic E-state index is 0.0428. The van der Waals surface area contributed by atoms with Gasteiger partial charge in [-0.2, -0.15) is 0 Å². The van der Waals surface area contributed by atoms with Gasteiger partial charge >= 0.3 is 0 Å². The number of hydrogen-bond donors (Lipinski definition) is 1. The first-order valence-corrected chi connectivity index (χ1v) is 10.8. The van der Waals surface area contributed by atoms with Crippen molar-refractivity contribution in [3.8, 4) is 0 Å². The summed E-state index contributed by atoms with van der Waals surface area (Å²) in [5.74, 6) is -0.255. The molecule has 152 valence electrons. The highest BCUT2D eigenvalue weighted by atomic mass is 35.5. The average Bonchev–Trinajstić information content (AvgIpc) is 2.94. The van der Waals surface area contributed by atoms with Gasteiger partial charge in [-0.05, 0) is 46.7 Å². The average molecular weight is 430 g/mol. The minimum atomic E-state index is -0.835. The predicted octanol–water partition coefficient (Wildman–Crippen LogP) is 6.38. The molecule has 1 heterocycles. The van der Waals surface area contributed by atoms with Crippen molar-refractivity contribution < 1.29 is 9.59 Å². The molecule has 1 fully saturated rings. The number of carbonyl (C=O) groups excluding carboxylic acids is 2. The third kappa shape index (κ3) is 3.10. The second kappa shape index (κ2) is 7.14. The molecule has 0 unspecified atom stereocenters. The van der Waals surface area contributed by atoms with Gasteiger partial charge in [0.05, 0.1) is 5.41 Å². The predicted molar refractivity (Wildman–Crippen MR) is 118 cm³/mol. The SMILES string of the molecule is CCC(C)(C)[C@H]1CC(=O)C[C@@H](c2cccc(Cl)c2)[C@]12C(=O)Nc1cc(Cl)ccc12. The Morgan fingerprint density at radius 2 is 1.79 bits per heavy atom. The zero-order chi connectivity index (χ0) is 21.0. The Labute approximate surface area is 181 Å². The van der Waals surface area contributed by atoms with Crippen molar-refractivity contribution in [2.24, 2.45) is 11.3 Å². The molecule has 0 bridgehead atoms. The molecule has 4 rings (SSSR count). The van der Waals surface area contributed by atoms with E-state index in [9.17, 15) is 9.59 Å². The molecule has 1 N–H and O–H groups in total. The maximum atomic E-state index is 13.8. The molecule has 0 saturated heterocycles. The molecule has 1 amide bonds. The van der Waals surface area contributed by atoms with Crippen LogP contribution in [0.4, 0.5) is 5.69 Å². The van der Waals surface area contributed by atoms with Crippen LogP contribution in [0.2, 0.25) is 10.0 Å². The van der Waals surface area contributed by atoms with Crippen LogP contribution in [0, 0.1) is 11.3 Å². The first-order chi connectivity index (χ1) is 13.7. The quantitative estimate of drug-likeness (QED) is 0.614. The van der Waals surface area contributed by atoms with E-state index in [0.29, 0.717) is 22.9 Å². The molecule has 3 nitrogen and oxygen atoms in total. The number of amides is 1. The molecule has 1 saturated carbocycles. The van der Waals surface area contributed by atoms with Crippen LogP contribution in [0.5, 0.6) is 0 Å². The summed E-state index contributed by atoms with van der Waals surface area (Å²) in [5, 5.41) is 4.28. The molecule has 29 heavy (non-hydrogen) atoms. The van der Waals surface area contributed by atoms with Crippen LogP contribution >= 0.6 is 23.2 Å². The van der Waals surface area contributed by atoms with Gasteiger partial charge in [-0.15, -0.1) is 0 Å². The van der Waals surface area contributed by atoms with Gasteiger partial charge < -0.3 is 5.32 Å². The van der Waals surface area contributed by atoms with E-state index in [4.69, 9.17) is 23.2 Å². The molecular weight excluding hydrogens is 405 g/mol. The number of ketones is 1. The number of rotatable bonds is 3. The number of halogens is 2. The minimum Gasteiger partial charge on any atom is -0.325 e. The van der Waals surface area contributed by atoms with Gasteiger partial charge in [-0.1, -0.05) is 68.6 Å². The fraction of sp³-hybridized carbons (Fsp3) is 0.417. The molecule has 2 aliphatic rings. The van der Waals surface area contributed by atoms with Crippen molar-refractivity contribution in [3.05, 3.63) is 63.6 Å². The Hall–Kier alpha value is -1.84. The second-order valence-electron chi connectivity index (χ2n) is 8.96. The van der Waals surface area contributed by atoms with Crippen molar-refractivity contribution in [1.82, 2.24) is 0 Å². The molecule has 0 aromatic heterocycles. The Kier molecular flexibility index (Phi) is 5.03. The van der Waals surface area contributed by atoms with Crippen LogP contribution in [0.15, 0.2) is 42.5 Å². The van der Waals surface area contributed by atoms with Crippen LogP contribution in [-0.2, 0) is 15.0 Å². The van der Waals surface area contributed by atoms with Gasteiger partial charge in [0.15, 0.2) is 0 Å². The lowest BCUT2D eigenvalue weighted by molar-refractivity contribution is -0.135. The molecule has 0 radical (unpaired) electrons. The molecule has 5 heteroatoms. The smallest absolute Gasteiger partial charge is 0.236 e. The first-order valence-electron chi connectivity index (χ1n) is 10.1. The molecule has 1 aliphatic heterocycles. The van der Waals surface area contributed by atoms with Gasteiger partial charge in [0.2, 0.25) is 5.91 Å². The fourth-order valence-electron chi connectivity index (χ4n) is 5.37. The Morgan fingerprint density at radius 3 is 2.48 bits per heavy atom. The summed E-state index contributed by atoms with van der Waals surface area (Å²) < 4.78 is 0. The van der Waals surface area contributed by atoms with Crippen LogP contribution in [0.3, 0.4) is 0 Å². The van der Waals surface area contributed by atoms with E-state index >= 15 is 0 Å². The Bertz CT molecular complexity index is 1000. The summed E-state index contributed by atoms with van der Waals surface area (Å²) in [4.78, 5) is 26.7. The number of fused-ring (bicyclic) bond motifs is 2. The van der Waals surface area contributed by atoms with E-state index in [1.54, 1.807) is 0 Å². The highest BCUT2D eigenvalue weighted by molar-refractivity contribution is 6.31. The van der Waals surface area contributed by atoms with Gasteiger partial charge in [-0.25, -0.2) is 0 Å². The van der Waals surface area contributed by atoms with Crippen molar-refractivity contribution in [2.75, 3.05) is 5.32 Å². The van der Waals surface area contributed by atoms with Gasteiger partial charge in [0.1, 0.15) is 5.78 Å². The van der Waals surface area contributed by atoms with Crippen LogP contribution in [0.1, 0.15) is 57.1 Å². The van der Waals surface area contributed by atoms with Crippen molar-refractivity contribution in [1.29, 1.82) is 0 Å². The second-order valence-corrected chi connectivity index (χ2v) is 9.84. The number of Topliss-reactive ketones (excluding diaryl/α,β-unsaturated/α-hetero) is 1. The molecule has 3 atom stereocenters. The van der Waals surface area contributed by atoms with Gasteiger partial charge in [-0.3, -0.25) is 9.59 Å². The number of nitrogens with one attached hydrogen (secondary N) is 1. The lowest BCUT2D eigenvalue weighted by Gasteiger charge is -2.51. The van der Waals surface area contributed by atoms with E-state index in [-0.39, 0.29) is 28.9 Å². The van der Waals surface area contributed by atoms with Crippen LogP contribution in [0.25, 0.3) is 0 Å². The van der Waals surface area contributed by atoms with Crippen LogP contribution in [-0.4, -0.2) is 11.7 Å². The number of benzene rings is 2. The standard InChI is InChI=1S/C24H25Cl2NO2/c1-4-23(2,3)21-13-17(28)12-19(14-6-5-7-15(25)10-14)24(21)18-9-8-16(26)11-20(18)27-22(24)29/h5-11,19,21H,4,12-13H2,1-3H3,(H,27,29)/t19-,21+,24-/m0/s1. The monoisotopic (exact) mass is 429 g/mol. The maximum absolute atomic E-state index is 13.8. The normalized spacial score (nSPS) is 26.5. The third-order valence-corrected chi connectivity index (χ3v) is 7.59.